The Hall–Kier alpha value is 0.560. The number of hydrogen-bond donors (Lipinski definition) is 4. The zero-order valence-corrected chi connectivity index (χ0v) is 6.26. The van der Waals surface area contributed by atoms with Crippen LogP contribution in [0.1, 0.15) is 0 Å². The summed E-state index contributed by atoms with van der Waals surface area (Å²) in [5.41, 5.74) is 0. The van der Waals surface area contributed by atoms with Gasteiger partial charge >= 0.3 is 7.94 Å². The van der Waals surface area contributed by atoms with Crippen LogP contribution in [0.25, 0.3) is 0 Å². The van der Waals surface area contributed by atoms with Gasteiger partial charge in [0.1, 0.15) is 6.10 Å². The molecule has 0 heterocycles. The van der Waals surface area contributed by atoms with Gasteiger partial charge in [-0.3, -0.25) is 0 Å². The lowest BCUT2D eigenvalue weighted by atomic mass is 10.5. The fraction of sp³-hybridized carbons (Fsp3) is 1.00. The lowest BCUT2D eigenvalue weighted by molar-refractivity contribution is 0.205. The summed E-state index contributed by atoms with van der Waals surface area (Å²) in [4.78, 5) is 25.0. The molecule has 0 saturated heterocycles. The van der Waals surface area contributed by atoms with Crippen molar-refractivity contribution in [3.05, 3.63) is 0 Å². The molecule has 56 valence electrons. The van der Waals surface area contributed by atoms with Gasteiger partial charge in [0, 0.05) is 0 Å². The van der Waals surface area contributed by atoms with Crippen molar-refractivity contribution in [3.8, 4) is 0 Å². The topological polar surface area (TPSA) is 80.9 Å². The highest BCUT2D eigenvalue weighted by atomic mass is 35.5. The molecule has 4 nitrogen and oxygen atoms in total. The standard InChI is InChI=1S/C3H9ClO4P/c4-1-3(5)2-9(6,7)8/h3,5-8H,1-2H2/q+1. The zero-order valence-electron chi connectivity index (χ0n) is 4.61. The smallest absolute Gasteiger partial charge is 0.388 e. The van der Waals surface area contributed by atoms with Crippen LogP contribution in [0.3, 0.4) is 0 Å². The van der Waals surface area contributed by atoms with Crippen LogP contribution >= 0.6 is 19.5 Å². The molecule has 0 aromatic rings. The van der Waals surface area contributed by atoms with Crippen LogP contribution in [0, 0.1) is 0 Å². The Labute approximate surface area is 58.3 Å². The van der Waals surface area contributed by atoms with Crippen LogP contribution in [0.15, 0.2) is 0 Å². The van der Waals surface area contributed by atoms with Crippen molar-refractivity contribution in [1.82, 2.24) is 0 Å². The maximum absolute atomic E-state index is 8.61. The third-order valence-electron chi connectivity index (χ3n) is 0.634. The van der Waals surface area contributed by atoms with Gasteiger partial charge in [0.2, 0.25) is 0 Å². The van der Waals surface area contributed by atoms with Gasteiger partial charge in [-0.15, -0.1) is 11.6 Å². The number of aliphatic hydroxyl groups is 1. The number of hydrogen-bond acceptors (Lipinski definition) is 4. The van der Waals surface area contributed by atoms with Crippen molar-refractivity contribution in [2.75, 3.05) is 12.0 Å². The Morgan fingerprint density at radius 1 is 1.33 bits per heavy atom. The van der Waals surface area contributed by atoms with Crippen LogP contribution in [0.5, 0.6) is 0 Å². The van der Waals surface area contributed by atoms with E-state index in [2.05, 4.69) is 0 Å². The fourth-order valence-corrected chi connectivity index (χ4v) is 1.29. The zero-order chi connectivity index (χ0) is 7.49. The minimum absolute atomic E-state index is 0.108. The lowest BCUT2D eigenvalue weighted by Crippen LogP contribution is -2.16. The van der Waals surface area contributed by atoms with Gasteiger partial charge in [-0.05, 0) is 0 Å². The molecule has 4 N–H and O–H groups in total. The molecule has 0 amide bonds. The molecule has 0 aliphatic rings. The summed E-state index contributed by atoms with van der Waals surface area (Å²) < 4.78 is 0. The lowest BCUT2D eigenvalue weighted by Gasteiger charge is -2.06. The Kier molecular flexibility index (Phi) is 3.89. The van der Waals surface area contributed by atoms with Gasteiger partial charge in [0.05, 0.1) is 5.88 Å². The molecule has 1 atom stereocenters. The summed E-state index contributed by atoms with van der Waals surface area (Å²) in [5, 5.41) is 8.61. The van der Waals surface area contributed by atoms with E-state index in [0.29, 0.717) is 0 Å². The molecule has 1 unspecified atom stereocenters. The fourth-order valence-electron chi connectivity index (χ4n) is 0.332. The van der Waals surface area contributed by atoms with Crippen molar-refractivity contribution in [3.63, 3.8) is 0 Å². The summed E-state index contributed by atoms with van der Waals surface area (Å²) in [5.74, 6) is -0.108. The van der Waals surface area contributed by atoms with Gasteiger partial charge in [0.25, 0.3) is 0 Å². The van der Waals surface area contributed by atoms with E-state index in [1.54, 1.807) is 0 Å². The quantitative estimate of drug-likeness (QED) is 0.339. The molecule has 9 heavy (non-hydrogen) atoms. The minimum atomic E-state index is -3.82. The SMILES string of the molecule is OC(CCl)C[P+](O)(O)O. The molecule has 0 saturated carbocycles. The highest BCUT2D eigenvalue weighted by Crippen LogP contribution is 2.44. The van der Waals surface area contributed by atoms with Crippen molar-refractivity contribution >= 4 is 19.5 Å². The highest BCUT2D eigenvalue weighted by molar-refractivity contribution is 7.58. The van der Waals surface area contributed by atoms with Gasteiger partial charge in [-0.2, -0.15) is 14.7 Å². The van der Waals surface area contributed by atoms with Crippen LogP contribution in [-0.4, -0.2) is 37.9 Å². The Balaban J connectivity index is 3.47. The average molecular weight is 176 g/mol. The van der Waals surface area contributed by atoms with Gasteiger partial charge in [-0.25, -0.2) is 0 Å². The van der Waals surface area contributed by atoms with E-state index in [4.69, 9.17) is 31.4 Å². The van der Waals surface area contributed by atoms with Crippen molar-refractivity contribution in [2.24, 2.45) is 0 Å². The number of rotatable bonds is 3. The second kappa shape index (κ2) is 3.66. The van der Waals surface area contributed by atoms with E-state index in [-0.39, 0.29) is 5.88 Å². The summed E-state index contributed by atoms with van der Waals surface area (Å²) in [6, 6.07) is 0. The Morgan fingerprint density at radius 3 is 1.89 bits per heavy atom. The van der Waals surface area contributed by atoms with E-state index >= 15 is 0 Å². The first-order valence-corrected chi connectivity index (χ1v) is 4.63. The number of halogens is 1. The molecule has 0 fully saturated rings. The monoisotopic (exact) mass is 175 g/mol. The van der Waals surface area contributed by atoms with Crippen LogP contribution in [-0.2, 0) is 0 Å². The Morgan fingerprint density at radius 2 is 1.78 bits per heavy atom. The van der Waals surface area contributed by atoms with E-state index < -0.39 is 20.2 Å². The second-order valence-electron chi connectivity index (χ2n) is 1.68. The van der Waals surface area contributed by atoms with Crippen LogP contribution in [0.2, 0.25) is 0 Å². The molecule has 0 rings (SSSR count). The first-order chi connectivity index (χ1) is 3.95. The Bertz CT molecular complexity index is 82.4. The van der Waals surface area contributed by atoms with Crippen molar-refractivity contribution in [2.45, 2.75) is 6.10 Å². The minimum Gasteiger partial charge on any atom is -0.388 e. The predicted molar refractivity (Wildman–Crippen MR) is 35.2 cm³/mol. The summed E-state index contributed by atoms with van der Waals surface area (Å²) in [7, 11) is -3.82. The summed E-state index contributed by atoms with van der Waals surface area (Å²) in [6.45, 7) is 0. The molecule has 0 spiro atoms. The molecular weight excluding hydrogens is 166 g/mol. The normalized spacial score (nSPS) is 15.7. The van der Waals surface area contributed by atoms with Crippen molar-refractivity contribution in [1.29, 1.82) is 0 Å². The summed E-state index contributed by atoms with van der Waals surface area (Å²) >= 11 is 5.09. The third kappa shape index (κ3) is 6.45. The highest BCUT2D eigenvalue weighted by Gasteiger charge is 2.32. The van der Waals surface area contributed by atoms with E-state index in [9.17, 15) is 0 Å². The predicted octanol–water partition coefficient (Wildman–Crippen LogP) is -0.674. The van der Waals surface area contributed by atoms with Crippen LogP contribution in [0.4, 0.5) is 0 Å². The molecule has 0 aliphatic carbocycles. The molecule has 0 aromatic carbocycles. The summed E-state index contributed by atoms with van der Waals surface area (Å²) in [6.07, 6.45) is -1.49. The molecular formula is C3H9ClO4P+. The van der Waals surface area contributed by atoms with Gasteiger partial charge in [-0.1, -0.05) is 0 Å². The van der Waals surface area contributed by atoms with E-state index in [0.717, 1.165) is 0 Å². The molecule has 0 bridgehead atoms. The maximum atomic E-state index is 8.61. The number of aliphatic hydroxyl groups excluding tert-OH is 1. The third-order valence-corrected chi connectivity index (χ3v) is 1.90. The maximum Gasteiger partial charge on any atom is 0.406 e. The first-order valence-electron chi connectivity index (χ1n) is 2.26. The largest absolute Gasteiger partial charge is 0.406 e. The van der Waals surface area contributed by atoms with Gasteiger partial charge < -0.3 is 5.11 Å². The average Bonchev–Trinajstić information content (AvgIpc) is 1.62. The van der Waals surface area contributed by atoms with Crippen molar-refractivity contribution < 1.29 is 19.8 Å². The molecule has 0 aliphatic heterocycles. The molecule has 0 aromatic heterocycles. The van der Waals surface area contributed by atoms with Crippen LogP contribution < -0.4 is 0 Å². The number of alkyl halides is 1. The molecule has 0 radical (unpaired) electrons. The second-order valence-corrected chi connectivity index (χ2v) is 3.74. The molecule has 6 heteroatoms. The van der Waals surface area contributed by atoms with E-state index in [1.165, 1.54) is 0 Å². The first kappa shape index (κ1) is 9.56. The van der Waals surface area contributed by atoms with Gasteiger partial charge in [0.15, 0.2) is 6.16 Å². The van der Waals surface area contributed by atoms with E-state index in [1.807, 2.05) is 0 Å².